The number of nitrogens with zero attached hydrogens (tertiary/aromatic N) is 8. The Kier molecular flexibility index (Phi) is 11.2. The molecule has 6 aromatic heterocycles. The van der Waals surface area contributed by atoms with Crippen LogP contribution in [-0.4, -0.2) is 44.3 Å². The molecule has 0 saturated heterocycles. The van der Waals surface area contributed by atoms with E-state index in [1.165, 1.54) is 43.9 Å². The number of carbonyl (C=O) groups is 4. The number of benzene rings is 4. The molecule has 76 heavy (non-hydrogen) atoms. The van der Waals surface area contributed by atoms with Gasteiger partial charge >= 0.3 is 12.2 Å². The van der Waals surface area contributed by atoms with E-state index in [9.17, 15) is 57.8 Å². The minimum absolute atomic E-state index is 0.111. The van der Waals surface area contributed by atoms with Gasteiger partial charge in [0.1, 0.15) is 70.1 Å². The minimum Gasteiger partial charge on any atom is -0.444 e. The van der Waals surface area contributed by atoms with Gasteiger partial charge in [-0.1, -0.05) is 60.7 Å². The number of fused-ring (bicyclic) bond motifs is 11. The van der Waals surface area contributed by atoms with Gasteiger partial charge in [-0.2, -0.15) is 21.0 Å². The first-order valence-electron chi connectivity index (χ1n) is 22.1. The number of ketones is 2. The molecule has 0 saturated carbocycles. The van der Waals surface area contributed by atoms with Crippen molar-refractivity contribution in [3.8, 4) is 24.3 Å². The molecule has 0 spiro atoms. The number of allylic oxidation sites excluding steroid dienone is 4. The summed E-state index contributed by atoms with van der Waals surface area (Å²) in [5.41, 5.74) is -0.890. The topological polar surface area (TPSA) is 216 Å². The molecule has 10 aromatic rings. The van der Waals surface area contributed by atoms with Crippen LogP contribution in [0.15, 0.2) is 118 Å². The maximum absolute atomic E-state index is 14.6. The monoisotopic (exact) mass is 1080 g/mol. The third-order valence-electron chi connectivity index (χ3n) is 12.4. The predicted molar refractivity (Wildman–Crippen MR) is 277 cm³/mol. The fraction of sp³-hybridized carbons (Fsp3) is 0.0370. The molecule has 0 aliphatic heterocycles. The normalized spacial score (nSPS) is 14.0. The first kappa shape index (κ1) is 47.3. The van der Waals surface area contributed by atoms with Gasteiger partial charge in [0.25, 0.3) is 0 Å². The van der Waals surface area contributed by atoms with Crippen LogP contribution in [0.5, 0.6) is 0 Å². The van der Waals surface area contributed by atoms with Crippen LogP contribution in [-0.2, 0) is 22.7 Å². The van der Waals surface area contributed by atoms with Crippen molar-refractivity contribution in [1.82, 2.24) is 9.13 Å². The Morgan fingerprint density at radius 3 is 1.18 bits per heavy atom. The van der Waals surface area contributed by atoms with Gasteiger partial charge in [-0.15, -0.1) is 45.3 Å². The van der Waals surface area contributed by atoms with Gasteiger partial charge in [-0.3, -0.25) is 9.59 Å². The van der Waals surface area contributed by atoms with Gasteiger partial charge in [0.05, 0.1) is 50.3 Å². The third kappa shape index (κ3) is 7.27. The van der Waals surface area contributed by atoms with Crippen molar-refractivity contribution in [3.63, 3.8) is 0 Å². The van der Waals surface area contributed by atoms with Crippen molar-refractivity contribution < 1.29 is 46.2 Å². The molecule has 22 heteroatoms. The van der Waals surface area contributed by atoms with Crippen molar-refractivity contribution in [2.24, 2.45) is 9.98 Å². The van der Waals surface area contributed by atoms with Crippen LogP contribution in [0, 0.1) is 68.6 Å². The van der Waals surface area contributed by atoms with Gasteiger partial charge in [0, 0.05) is 33.4 Å². The molecule has 0 atom stereocenters. The number of nitriles is 4. The molecule has 0 N–H and O–H groups in total. The highest BCUT2D eigenvalue weighted by atomic mass is 32.1. The molecular formula is C54H20F4N8O6S4. The summed E-state index contributed by atoms with van der Waals surface area (Å²) in [4.78, 5) is 66.0. The third-order valence-corrected chi connectivity index (χ3v) is 17.3. The number of carbonyl (C=O) groups excluding carboxylic acids is 4. The molecular weight excluding hydrogens is 1060 g/mol. The standard InChI is InChI=1S/C54H20F4N8O6S4/c55-31-11-27-29(13-33(31)57)45(67)41(39(27)25(17-59)18-60)63-37-15-35-47(73-37)49-43(65(35)53(69)71-21-23-7-3-1-4-8-23)51-52(75-49)44-50(76-51)48-36(66(44)54(70)72-22-24-9-5-2-6-10-24)16-38(74-48)64-42-40(26(19-61)20-62)28-12-32(56)34(58)14-30(28)46(42)68/h1-16H,21-22H2/b63-41-,64-42-. The van der Waals surface area contributed by atoms with Crippen LogP contribution in [0.3, 0.4) is 0 Å². The molecule has 0 amide bonds. The highest BCUT2D eigenvalue weighted by Gasteiger charge is 2.38. The van der Waals surface area contributed by atoms with Gasteiger partial charge in [0.15, 0.2) is 23.3 Å². The van der Waals surface area contributed by atoms with Gasteiger partial charge in [0.2, 0.25) is 11.6 Å². The number of thiophene rings is 4. The molecule has 4 aromatic carbocycles. The Morgan fingerprint density at radius 2 is 0.829 bits per heavy atom. The molecule has 6 heterocycles. The zero-order chi connectivity index (χ0) is 52.8. The number of aliphatic imine (C=N–C) groups is 2. The summed E-state index contributed by atoms with van der Waals surface area (Å²) in [6.07, 6.45) is -1.65. The second-order valence-corrected chi connectivity index (χ2v) is 20.8. The predicted octanol–water partition coefficient (Wildman–Crippen LogP) is 13.8. The lowest BCUT2D eigenvalue weighted by Crippen LogP contribution is -2.13. The van der Waals surface area contributed by atoms with E-state index in [1.807, 2.05) is 0 Å². The second-order valence-electron chi connectivity index (χ2n) is 16.7. The van der Waals surface area contributed by atoms with Gasteiger partial charge < -0.3 is 9.47 Å². The molecule has 0 bridgehead atoms. The van der Waals surface area contributed by atoms with Crippen LogP contribution in [0.1, 0.15) is 43.0 Å². The van der Waals surface area contributed by atoms with E-state index in [0.717, 1.165) is 34.8 Å². The van der Waals surface area contributed by atoms with Crippen LogP contribution >= 0.6 is 45.3 Å². The summed E-state index contributed by atoms with van der Waals surface area (Å²) < 4.78 is 75.8. The number of ether oxygens (including phenoxy) is 2. The van der Waals surface area contributed by atoms with Crippen molar-refractivity contribution in [2.45, 2.75) is 13.2 Å². The average Bonchev–Trinajstić information content (AvgIpc) is 4.34. The summed E-state index contributed by atoms with van der Waals surface area (Å²) in [5.74, 6) is -7.01. The van der Waals surface area contributed by atoms with E-state index in [2.05, 4.69) is 9.98 Å². The molecule has 2 aliphatic rings. The van der Waals surface area contributed by atoms with Crippen molar-refractivity contribution >= 4 is 152 Å². The Bertz CT molecular complexity index is 4330. The van der Waals surface area contributed by atoms with E-state index in [1.54, 1.807) is 84.9 Å². The number of Topliss-reactive ketones (excluding diaryl/α,β-unsaturated/α-hetero) is 2. The highest BCUT2D eigenvalue weighted by Crippen LogP contribution is 2.54. The van der Waals surface area contributed by atoms with Crippen LogP contribution < -0.4 is 0 Å². The number of hydrogen-bond donors (Lipinski definition) is 0. The zero-order valence-corrected chi connectivity index (χ0v) is 41.1. The molecule has 12 rings (SSSR count). The van der Waals surface area contributed by atoms with E-state index >= 15 is 0 Å². The molecule has 0 fully saturated rings. The minimum atomic E-state index is -1.32. The first-order chi connectivity index (χ1) is 36.8. The fourth-order valence-electron chi connectivity index (χ4n) is 9.15. The Hall–Kier alpha value is -9.68. The van der Waals surface area contributed by atoms with Crippen LogP contribution in [0.25, 0.3) is 61.4 Å². The van der Waals surface area contributed by atoms with Crippen LogP contribution in [0.2, 0.25) is 0 Å². The van der Waals surface area contributed by atoms with E-state index in [4.69, 9.17) is 9.47 Å². The summed E-state index contributed by atoms with van der Waals surface area (Å²) in [7, 11) is 0. The fourth-order valence-corrected chi connectivity index (χ4v) is 14.3. The number of hydrogen-bond acceptors (Lipinski definition) is 16. The lowest BCUT2D eigenvalue weighted by atomic mass is 10.0. The summed E-state index contributed by atoms with van der Waals surface area (Å²) in [6.45, 7) is -0.284. The number of rotatable bonds is 6. The van der Waals surface area contributed by atoms with E-state index in [-0.39, 0.29) is 67.6 Å². The first-order valence-corrected chi connectivity index (χ1v) is 25.3. The largest absolute Gasteiger partial charge is 0.444 e. The molecule has 0 unspecified atom stereocenters. The zero-order valence-electron chi connectivity index (χ0n) is 37.8. The van der Waals surface area contributed by atoms with Crippen LogP contribution in [0.4, 0.5) is 37.2 Å². The van der Waals surface area contributed by atoms with Gasteiger partial charge in [-0.05, 0) is 47.5 Å². The SMILES string of the molecule is N#CC(C#N)=C1/C(=N/c2cc3c(s2)c2sc4c(sc5c6sc(/N=C7\C(=O)c8cc(F)c(F)cc8C7=C(C#N)C#N)cc6n(C(=O)OCc6ccccc6)c54)c2n3C(=O)OCc2ccccc2)C(=O)c2cc(F)c(F)cc21. The lowest BCUT2D eigenvalue weighted by Gasteiger charge is -2.07. The lowest BCUT2D eigenvalue weighted by molar-refractivity contribution is 0.106. The Morgan fingerprint density at radius 1 is 0.487 bits per heavy atom. The highest BCUT2D eigenvalue weighted by molar-refractivity contribution is 7.40. The van der Waals surface area contributed by atoms with Gasteiger partial charge in [-0.25, -0.2) is 46.3 Å². The number of aromatic nitrogens is 2. The number of halogens is 4. The van der Waals surface area contributed by atoms with E-state index in [0.29, 0.717) is 62.5 Å². The summed E-state index contributed by atoms with van der Waals surface area (Å²) >= 11 is 4.50. The summed E-state index contributed by atoms with van der Waals surface area (Å²) in [6, 6.07) is 30.4. The molecule has 364 valence electrons. The smallest absolute Gasteiger partial charge is 0.419 e. The summed E-state index contributed by atoms with van der Waals surface area (Å²) in [5, 5.41) is 39.8. The Balaban J connectivity index is 1.07. The molecule has 0 radical (unpaired) electrons. The van der Waals surface area contributed by atoms with Crippen molar-refractivity contribution in [3.05, 3.63) is 165 Å². The average molecular weight is 1080 g/mol. The maximum Gasteiger partial charge on any atom is 0.419 e. The maximum atomic E-state index is 14.6. The molecule has 14 nitrogen and oxygen atoms in total. The van der Waals surface area contributed by atoms with E-state index < -0.39 is 69.6 Å². The second kappa shape index (κ2) is 18.1. The quantitative estimate of drug-likeness (QED) is 0.113. The Labute approximate surface area is 438 Å². The van der Waals surface area contributed by atoms with Crippen molar-refractivity contribution in [1.29, 1.82) is 21.0 Å². The van der Waals surface area contributed by atoms with Crippen molar-refractivity contribution in [2.75, 3.05) is 0 Å². The molecule has 2 aliphatic carbocycles.